The van der Waals surface area contributed by atoms with Crippen LogP contribution in [0.1, 0.15) is 19.5 Å². The SMILES string of the molecule is CC(C)CNCc1cnnn1-c1cccc2cccnc12. The summed E-state index contributed by atoms with van der Waals surface area (Å²) in [6, 6.07) is 10.1. The summed E-state index contributed by atoms with van der Waals surface area (Å²) in [6.07, 6.45) is 3.61. The van der Waals surface area contributed by atoms with Crippen molar-refractivity contribution in [2.75, 3.05) is 6.54 Å². The third kappa shape index (κ3) is 2.92. The van der Waals surface area contributed by atoms with Gasteiger partial charge in [0.1, 0.15) is 0 Å². The van der Waals surface area contributed by atoms with Gasteiger partial charge in [-0.2, -0.15) is 0 Å². The summed E-state index contributed by atoms with van der Waals surface area (Å²) < 4.78 is 1.86. The van der Waals surface area contributed by atoms with Gasteiger partial charge in [-0.25, -0.2) is 4.68 Å². The van der Waals surface area contributed by atoms with Gasteiger partial charge >= 0.3 is 0 Å². The highest BCUT2D eigenvalue weighted by Crippen LogP contribution is 2.20. The zero-order valence-electron chi connectivity index (χ0n) is 12.3. The van der Waals surface area contributed by atoms with Crippen LogP contribution in [0.2, 0.25) is 0 Å². The summed E-state index contributed by atoms with van der Waals surface area (Å²) >= 11 is 0. The zero-order valence-corrected chi connectivity index (χ0v) is 12.3. The van der Waals surface area contributed by atoms with Crippen molar-refractivity contribution in [2.24, 2.45) is 5.92 Å². The van der Waals surface area contributed by atoms with Gasteiger partial charge in [0.2, 0.25) is 0 Å². The maximum atomic E-state index is 4.48. The predicted octanol–water partition coefficient (Wildman–Crippen LogP) is 2.56. The Morgan fingerprint density at radius 3 is 2.90 bits per heavy atom. The van der Waals surface area contributed by atoms with E-state index in [4.69, 9.17) is 0 Å². The van der Waals surface area contributed by atoms with E-state index in [1.807, 2.05) is 22.9 Å². The van der Waals surface area contributed by atoms with E-state index in [0.717, 1.165) is 35.4 Å². The normalized spacial score (nSPS) is 11.4. The number of rotatable bonds is 5. The lowest BCUT2D eigenvalue weighted by Crippen LogP contribution is -2.20. The van der Waals surface area contributed by atoms with E-state index < -0.39 is 0 Å². The van der Waals surface area contributed by atoms with Crippen molar-refractivity contribution < 1.29 is 0 Å². The Morgan fingerprint density at radius 2 is 2.05 bits per heavy atom. The van der Waals surface area contributed by atoms with E-state index in [2.05, 4.69) is 46.6 Å². The smallest absolute Gasteiger partial charge is 0.0959 e. The van der Waals surface area contributed by atoms with Gasteiger partial charge in [0, 0.05) is 18.1 Å². The van der Waals surface area contributed by atoms with Crippen LogP contribution in [0, 0.1) is 5.92 Å². The Hall–Kier alpha value is -2.27. The number of benzene rings is 1. The minimum atomic E-state index is 0.619. The number of pyridine rings is 1. The molecule has 3 rings (SSSR count). The predicted molar refractivity (Wildman–Crippen MR) is 83.2 cm³/mol. The minimum Gasteiger partial charge on any atom is -0.311 e. The quantitative estimate of drug-likeness (QED) is 0.781. The number of fused-ring (bicyclic) bond motifs is 1. The molecule has 0 spiro atoms. The molecule has 108 valence electrons. The highest BCUT2D eigenvalue weighted by atomic mass is 15.4. The molecule has 0 saturated heterocycles. The monoisotopic (exact) mass is 281 g/mol. The van der Waals surface area contributed by atoms with Crippen molar-refractivity contribution in [3.63, 3.8) is 0 Å². The largest absolute Gasteiger partial charge is 0.311 e. The van der Waals surface area contributed by atoms with Crippen LogP contribution in [0.5, 0.6) is 0 Å². The molecular weight excluding hydrogens is 262 g/mol. The summed E-state index contributed by atoms with van der Waals surface area (Å²) in [5.74, 6) is 0.619. The van der Waals surface area contributed by atoms with Gasteiger partial charge in [-0.1, -0.05) is 37.3 Å². The van der Waals surface area contributed by atoms with Gasteiger partial charge in [0.15, 0.2) is 0 Å². The molecule has 5 nitrogen and oxygen atoms in total. The maximum absolute atomic E-state index is 4.48. The van der Waals surface area contributed by atoms with E-state index >= 15 is 0 Å². The Kier molecular flexibility index (Phi) is 3.92. The minimum absolute atomic E-state index is 0.619. The van der Waals surface area contributed by atoms with Gasteiger partial charge in [0.25, 0.3) is 0 Å². The number of nitrogens with one attached hydrogen (secondary N) is 1. The maximum Gasteiger partial charge on any atom is 0.0959 e. The summed E-state index contributed by atoms with van der Waals surface area (Å²) in [5.41, 5.74) is 2.94. The molecule has 0 aliphatic carbocycles. The van der Waals surface area contributed by atoms with Crippen LogP contribution in [0.3, 0.4) is 0 Å². The molecule has 3 aromatic rings. The van der Waals surface area contributed by atoms with Crippen LogP contribution in [0.4, 0.5) is 0 Å². The molecule has 5 heteroatoms. The number of para-hydroxylation sites is 1. The summed E-state index contributed by atoms with van der Waals surface area (Å²) in [7, 11) is 0. The number of nitrogens with zero attached hydrogens (tertiary/aromatic N) is 4. The van der Waals surface area contributed by atoms with Gasteiger partial charge in [-0.05, 0) is 24.6 Å². The topological polar surface area (TPSA) is 55.6 Å². The molecule has 2 aromatic heterocycles. The molecule has 0 aliphatic rings. The van der Waals surface area contributed by atoms with Crippen LogP contribution in [0.15, 0.2) is 42.7 Å². The Bertz CT molecular complexity index is 727. The Labute approximate surface area is 124 Å². The van der Waals surface area contributed by atoms with Crippen LogP contribution >= 0.6 is 0 Å². The molecule has 0 atom stereocenters. The van der Waals surface area contributed by atoms with Gasteiger partial charge < -0.3 is 5.32 Å². The molecule has 2 heterocycles. The van der Waals surface area contributed by atoms with Crippen molar-refractivity contribution in [3.8, 4) is 5.69 Å². The van der Waals surface area contributed by atoms with Crippen molar-refractivity contribution >= 4 is 10.9 Å². The molecule has 0 fully saturated rings. The van der Waals surface area contributed by atoms with Gasteiger partial charge in [-0.15, -0.1) is 5.10 Å². The second-order valence-electron chi connectivity index (χ2n) is 5.51. The molecule has 0 aliphatic heterocycles. The van der Waals surface area contributed by atoms with E-state index in [1.54, 1.807) is 12.4 Å². The Balaban J connectivity index is 1.94. The lowest BCUT2D eigenvalue weighted by molar-refractivity contribution is 0.542. The number of hydrogen-bond donors (Lipinski definition) is 1. The molecule has 21 heavy (non-hydrogen) atoms. The highest BCUT2D eigenvalue weighted by molar-refractivity contribution is 5.86. The second-order valence-corrected chi connectivity index (χ2v) is 5.51. The first-order chi connectivity index (χ1) is 10.3. The van der Waals surface area contributed by atoms with E-state index in [9.17, 15) is 0 Å². The first-order valence-corrected chi connectivity index (χ1v) is 7.20. The fourth-order valence-corrected chi connectivity index (χ4v) is 2.33. The fourth-order valence-electron chi connectivity index (χ4n) is 2.33. The average Bonchev–Trinajstić information content (AvgIpc) is 2.94. The molecule has 0 radical (unpaired) electrons. The summed E-state index contributed by atoms with van der Waals surface area (Å²) in [5, 5.41) is 12.8. The van der Waals surface area contributed by atoms with Crippen LogP contribution in [-0.4, -0.2) is 26.5 Å². The molecule has 1 aromatic carbocycles. The molecule has 0 bridgehead atoms. The van der Waals surface area contributed by atoms with Gasteiger partial charge in [0.05, 0.1) is 23.1 Å². The third-order valence-electron chi connectivity index (χ3n) is 3.32. The number of aromatic nitrogens is 4. The number of hydrogen-bond acceptors (Lipinski definition) is 4. The standard InChI is InChI=1S/C16H19N5/c1-12(2)9-17-10-14-11-19-20-21(14)15-7-3-5-13-6-4-8-18-16(13)15/h3-8,11-12,17H,9-10H2,1-2H3. The molecule has 1 N–H and O–H groups in total. The summed E-state index contributed by atoms with van der Waals surface area (Å²) in [4.78, 5) is 4.48. The molecule has 0 unspecified atom stereocenters. The van der Waals surface area contributed by atoms with Crippen molar-refractivity contribution in [2.45, 2.75) is 20.4 Å². The van der Waals surface area contributed by atoms with Crippen LogP contribution < -0.4 is 5.32 Å². The lowest BCUT2D eigenvalue weighted by Gasteiger charge is -2.10. The van der Waals surface area contributed by atoms with Crippen molar-refractivity contribution in [1.82, 2.24) is 25.3 Å². The van der Waals surface area contributed by atoms with Crippen LogP contribution in [-0.2, 0) is 6.54 Å². The first kappa shape index (κ1) is 13.7. The Morgan fingerprint density at radius 1 is 1.19 bits per heavy atom. The fraction of sp³-hybridized carbons (Fsp3) is 0.312. The molecule has 0 saturated carbocycles. The molecule has 0 amide bonds. The lowest BCUT2D eigenvalue weighted by atomic mass is 10.2. The van der Waals surface area contributed by atoms with E-state index in [-0.39, 0.29) is 0 Å². The summed E-state index contributed by atoms with van der Waals surface area (Å²) in [6.45, 7) is 6.10. The molecular formula is C16H19N5. The second kappa shape index (κ2) is 6.01. The van der Waals surface area contributed by atoms with Gasteiger partial charge in [-0.3, -0.25) is 4.98 Å². The third-order valence-corrected chi connectivity index (χ3v) is 3.32. The van der Waals surface area contributed by atoms with E-state index in [1.165, 1.54) is 0 Å². The highest BCUT2D eigenvalue weighted by Gasteiger charge is 2.10. The van der Waals surface area contributed by atoms with Crippen molar-refractivity contribution in [3.05, 3.63) is 48.4 Å². The van der Waals surface area contributed by atoms with E-state index in [0.29, 0.717) is 5.92 Å². The van der Waals surface area contributed by atoms with Crippen LogP contribution in [0.25, 0.3) is 16.6 Å². The van der Waals surface area contributed by atoms with Crippen molar-refractivity contribution in [1.29, 1.82) is 0 Å². The average molecular weight is 281 g/mol. The first-order valence-electron chi connectivity index (χ1n) is 7.20. The zero-order chi connectivity index (χ0) is 14.7.